The van der Waals surface area contributed by atoms with Crippen LogP contribution >= 0.6 is 0 Å². The zero-order valence-corrected chi connectivity index (χ0v) is 24.4. The highest BCUT2D eigenvalue weighted by molar-refractivity contribution is 5.95. The molecule has 3 aromatic rings. The summed E-state index contributed by atoms with van der Waals surface area (Å²) in [5, 5.41) is 15.8. The number of benzene rings is 2. The van der Waals surface area contributed by atoms with Crippen molar-refractivity contribution in [1.82, 2.24) is 9.88 Å². The van der Waals surface area contributed by atoms with Crippen LogP contribution in [0.25, 0.3) is 0 Å². The SMILES string of the molecule is CC(C)C(NC(=O)Cn1cc(Cc2cccc(NC(=O)C(F)(F)F)c2)cc(NC(=O)OCc2ccccc2)c1=O)C(O)C(F)(F)F. The molecule has 16 heteroatoms. The quantitative estimate of drug-likeness (QED) is 0.220. The molecule has 2 atom stereocenters. The summed E-state index contributed by atoms with van der Waals surface area (Å²) in [7, 11) is 0. The third-order valence-corrected chi connectivity index (χ3v) is 6.48. The number of aliphatic hydroxyl groups excluding tert-OH is 1. The first-order valence-corrected chi connectivity index (χ1v) is 13.7. The number of carbonyl (C=O) groups is 3. The zero-order valence-electron chi connectivity index (χ0n) is 24.4. The van der Waals surface area contributed by atoms with Gasteiger partial charge < -0.3 is 25.0 Å². The van der Waals surface area contributed by atoms with Gasteiger partial charge in [-0.1, -0.05) is 56.3 Å². The molecule has 0 bridgehead atoms. The number of alkyl halides is 6. The highest BCUT2D eigenvalue weighted by atomic mass is 19.4. The van der Waals surface area contributed by atoms with Crippen molar-refractivity contribution in [3.8, 4) is 0 Å². The number of hydrogen-bond donors (Lipinski definition) is 4. The van der Waals surface area contributed by atoms with Crippen LogP contribution in [0.1, 0.15) is 30.5 Å². The minimum absolute atomic E-state index is 0.0905. The summed E-state index contributed by atoms with van der Waals surface area (Å²) in [4.78, 5) is 49.9. The average Bonchev–Trinajstić information content (AvgIpc) is 2.96. The highest BCUT2D eigenvalue weighted by Crippen LogP contribution is 2.25. The second-order valence-corrected chi connectivity index (χ2v) is 10.5. The fourth-order valence-electron chi connectivity index (χ4n) is 4.27. The van der Waals surface area contributed by atoms with Crippen molar-refractivity contribution in [2.75, 3.05) is 10.6 Å². The van der Waals surface area contributed by atoms with Gasteiger partial charge in [-0.15, -0.1) is 0 Å². The highest BCUT2D eigenvalue weighted by Gasteiger charge is 2.45. The topological polar surface area (TPSA) is 139 Å². The fraction of sp³-hybridized carbons (Fsp3) is 0.333. The standard InChI is InChI=1S/C30H30F6N4O6/c1-17(2)24(25(42)29(31,32)33)39-23(41)15-40-14-20(11-19-9-6-10-21(12-19)37-27(44)30(34,35)36)13-22(26(40)43)38-28(45)46-16-18-7-4-3-5-8-18/h3-10,12-14,17,24-25,42H,11,15-16H2,1-2H3,(H,37,44)(H,38,45)(H,39,41). The maximum absolute atomic E-state index is 13.2. The minimum atomic E-state index is -5.13. The number of rotatable bonds is 11. The number of nitrogens with zero attached hydrogens (tertiary/aromatic N) is 1. The van der Waals surface area contributed by atoms with E-state index in [1.165, 1.54) is 50.4 Å². The van der Waals surface area contributed by atoms with Crippen LogP contribution in [0.5, 0.6) is 0 Å². The zero-order chi connectivity index (χ0) is 34.2. The summed E-state index contributed by atoms with van der Waals surface area (Å²) in [6.07, 6.45) is -13.0. The monoisotopic (exact) mass is 656 g/mol. The molecule has 0 aliphatic rings. The number of pyridine rings is 1. The molecule has 3 amide bonds. The van der Waals surface area contributed by atoms with E-state index in [0.717, 1.165) is 4.57 Å². The van der Waals surface area contributed by atoms with Gasteiger partial charge in [0.2, 0.25) is 5.91 Å². The number of nitrogens with one attached hydrogen (secondary N) is 3. The molecule has 0 radical (unpaired) electrons. The Bertz CT molecular complexity index is 1590. The van der Waals surface area contributed by atoms with Crippen molar-refractivity contribution < 1.29 is 50.6 Å². The molecule has 0 fully saturated rings. The van der Waals surface area contributed by atoms with Crippen LogP contribution in [0.15, 0.2) is 71.7 Å². The lowest BCUT2D eigenvalue weighted by molar-refractivity contribution is -0.215. The number of carbonyl (C=O) groups excluding carboxylic acids is 3. The number of aliphatic hydroxyl groups is 1. The Morgan fingerprint density at radius 3 is 2.15 bits per heavy atom. The Hall–Kier alpha value is -4.86. The molecule has 1 heterocycles. The third-order valence-electron chi connectivity index (χ3n) is 6.48. The van der Waals surface area contributed by atoms with E-state index >= 15 is 0 Å². The van der Waals surface area contributed by atoms with Crippen molar-refractivity contribution in [3.63, 3.8) is 0 Å². The molecule has 0 saturated carbocycles. The molecule has 248 valence electrons. The van der Waals surface area contributed by atoms with Gasteiger partial charge in [0.1, 0.15) is 18.8 Å². The molecule has 1 aromatic heterocycles. The number of amides is 3. The molecule has 2 aromatic carbocycles. The van der Waals surface area contributed by atoms with Gasteiger partial charge in [0.25, 0.3) is 5.56 Å². The van der Waals surface area contributed by atoms with Crippen molar-refractivity contribution >= 4 is 29.3 Å². The van der Waals surface area contributed by atoms with E-state index in [4.69, 9.17) is 4.74 Å². The number of anilines is 2. The Morgan fingerprint density at radius 1 is 0.891 bits per heavy atom. The Morgan fingerprint density at radius 2 is 1.54 bits per heavy atom. The van der Waals surface area contributed by atoms with Gasteiger partial charge in [-0.3, -0.25) is 19.7 Å². The first-order chi connectivity index (χ1) is 21.4. The molecule has 10 nitrogen and oxygen atoms in total. The summed E-state index contributed by atoms with van der Waals surface area (Å²) >= 11 is 0. The average molecular weight is 657 g/mol. The molecule has 0 aliphatic carbocycles. The molecule has 2 unspecified atom stereocenters. The normalized spacial score (nSPS) is 13.1. The molecule has 3 rings (SSSR count). The van der Waals surface area contributed by atoms with E-state index in [-0.39, 0.29) is 30.0 Å². The molecule has 0 saturated heterocycles. The van der Waals surface area contributed by atoms with Crippen molar-refractivity contribution in [1.29, 1.82) is 0 Å². The Kier molecular flexibility index (Phi) is 11.6. The van der Waals surface area contributed by atoms with Gasteiger partial charge in [-0.2, -0.15) is 26.3 Å². The lowest BCUT2D eigenvalue weighted by atomic mass is 9.98. The van der Waals surface area contributed by atoms with E-state index in [0.29, 0.717) is 11.1 Å². The maximum atomic E-state index is 13.2. The van der Waals surface area contributed by atoms with Crippen LogP contribution in [-0.2, 0) is 33.9 Å². The van der Waals surface area contributed by atoms with E-state index in [1.54, 1.807) is 35.6 Å². The van der Waals surface area contributed by atoms with E-state index in [9.17, 15) is 50.6 Å². The molecule has 4 N–H and O–H groups in total. The first kappa shape index (κ1) is 35.6. The van der Waals surface area contributed by atoms with Crippen LogP contribution < -0.4 is 21.5 Å². The predicted octanol–water partition coefficient (Wildman–Crippen LogP) is 4.75. The summed E-state index contributed by atoms with van der Waals surface area (Å²) in [5.41, 5.74) is -0.266. The number of ether oxygens (including phenoxy) is 1. The van der Waals surface area contributed by atoms with Crippen LogP contribution in [0.4, 0.5) is 42.5 Å². The van der Waals surface area contributed by atoms with Crippen molar-refractivity contribution in [3.05, 3.63) is 93.9 Å². The lowest BCUT2D eigenvalue weighted by Crippen LogP contribution is -2.53. The number of aromatic nitrogens is 1. The van der Waals surface area contributed by atoms with Gasteiger partial charge in [-0.25, -0.2) is 4.79 Å². The van der Waals surface area contributed by atoms with Crippen LogP contribution in [-0.4, -0.2) is 52.1 Å². The first-order valence-electron chi connectivity index (χ1n) is 13.7. The molecule has 0 spiro atoms. The lowest BCUT2D eigenvalue weighted by Gasteiger charge is -2.29. The third kappa shape index (κ3) is 10.4. The van der Waals surface area contributed by atoms with Gasteiger partial charge >= 0.3 is 24.4 Å². The predicted molar refractivity (Wildman–Crippen MR) is 154 cm³/mol. The summed E-state index contributed by atoms with van der Waals surface area (Å²) in [5.74, 6) is -4.11. The maximum Gasteiger partial charge on any atom is 0.471 e. The number of halogens is 6. The van der Waals surface area contributed by atoms with Gasteiger partial charge in [0, 0.05) is 11.9 Å². The second-order valence-electron chi connectivity index (χ2n) is 10.5. The summed E-state index contributed by atoms with van der Waals surface area (Å²) in [6.45, 7) is 1.72. The largest absolute Gasteiger partial charge is 0.471 e. The molecule has 46 heavy (non-hydrogen) atoms. The number of hydrogen-bond acceptors (Lipinski definition) is 6. The Labute approximate surface area is 258 Å². The van der Waals surface area contributed by atoms with Gasteiger partial charge in [0.05, 0.1) is 6.04 Å². The van der Waals surface area contributed by atoms with Crippen molar-refractivity contribution in [2.24, 2.45) is 5.92 Å². The van der Waals surface area contributed by atoms with E-state index in [2.05, 4.69) is 10.6 Å². The van der Waals surface area contributed by atoms with Gasteiger partial charge in [0.15, 0.2) is 6.10 Å². The molecular formula is C30H30F6N4O6. The van der Waals surface area contributed by atoms with Crippen LogP contribution in [0.2, 0.25) is 0 Å². The fourth-order valence-corrected chi connectivity index (χ4v) is 4.27. The smallest absolute Gasteiger partial charge is 0.444 e. The van der Waals surface area contributed by atoms with Gasteiger partial charge in [-0.05, 0) is 47.2 Å². The molecule has 0 aliphatic heterocycles. The van der Waals surface area contributed by atoms with Crippen LogP contribution in [0, 0.1) is 5.92 Å². The Balaban J connectivity index is 1.90. The van der Waals surface area contributed by atoms with E-state index in [1.807, 2.05) is 0 Å². The molecular weight excluding hydrogens is 626 g/mol. The van der Waals surface area contributed by atoms with E-state index < -0.39 is 60.4 Å². The van der Waals surface area contributed by atoms with Crippen LogP contribution in [0.3, 0.4) is 0 Å². The van der Waals surface area contributed by atoms with Crippen molar-refractivity contribution in [2.45, 2.75) is 57.9 Å². The minimum Gasteiger partial charge on any atom is -0.444 e. The summed E-state index contributed by atoms with van der Waals surface area (Å²) in [6, 6.07) is 13.3. The summed E-state index contributed by atoms with van der Waals surface area (Å²) < 4.78 is 83.6. The second kappa shape index (κ2) is 14.9.